The predicted molar refractivity (Wildman–Crippen MR) is 58.0 cm³/mol. The van der Waals surface area contributed by atoms with Crippen LogP contribution in [0.2, 0.25) is 0 Å². The van der Waals surface area contributed by atoms with Gasteiger partial charge in [-0.05, 0) is 33.1 Å². The second kappa shape index (κ2) is 4.97. The molecule has 2 nitrogen and oxygen atoms in total. The fourth-order valence-corrected chi connectivity index (χ4v) is 2.18. The van der Waals surface area contributed by atoms with Crippen LogP contribution in [0.5, 0.6) is 0 Å². The van der Waals surface area contributed by atoms with Crippen LogP contribution in [0.25, 0.3) is 0 Å². The van der Waals surface area contributed by atoms with Gasteiger partial charge in [0.05, 0.1) is 0 Å². The van der Waals surface area contributed by atoms with Crippen molar-refractivity contribution in [2.45, 2.75) is 46.2 Å². The van der Waals surface area contributed by atoms with Crippen molar-refractivity contribution in [3.05, 3.63) is 0 Å². The van der Waals surface area contributed by atoms with E-state index >= 15 is 0 Å². The lowest BCUT2D eigenvalue weighted by Gasteiger charge is -2.33. The summed E-state index contributed by atoms with van der Waals surface area (Å²) >= 11 is 0. The lowest BCUT2D eigenvalue weighted by Crippen LogP contribution is -2.45. The lowest BCUT2D eigenvalue weighted by molar-refractivity contribution is 0.166. The van der Waals surface area contributed by atoms with Crippen LogP contribution < -0.4 is 5.32 Å². The first-order chi connectivity index (χ1) is 6.09. The van der Waals surface area contributed by atoms with Crippen LogP contribution in [0, 0.1) is 5.92 Å². The van der Waals surface area contributed by atoms with Gasteiger partial charge in [-0.1, -0.05) is 6.92 Å². The first-order valence-corrected chi connectivity index (χ1v) is 5.57. The van der Waals surface area contributed by atoms with Crippen molar-refractivity contribution in [1.29, 1.82) is 0 Å². The molecule has 0 spiro atoms. The molecule has 1 aliphatic heterocycles. The number of rotatable bonds is 1. The fourth-order valence-electron chi connectivity index (χ4n) is 2.18. The Kier molecular flexibility index (Phi) is 4.20. The smallest absolute Gasteiger partial charge is 0.0110 e. The molecule has 1 rings (SSSR count). The van der Waals surface area contributed by atoms with E-state index in [1.54, 1.807) is 0 Å². The van der Waals surface area contributed by atoms with E-state index in [9.17, 15) is 0 Å². The minimum atomic E-state index is 0.692. The molecule has 1 fully saturated rings. The topological polar surface area (TPSA) is 15.3 Å². The zero-order valence-corrected chi connectivity index (χ0v) is 9.51. The molecule has 0 aromatic rings. The Hall–Kier alpha value is -0.0800. The summed E-state index contributed by atoms with van der Waals surface area (Å²) in [7, 11) is 0. The normalized spacial score (nSPS) is 33.0. The second-order valence-corrected chi connectivity index (χ2v) is 4.78. The van der Waals surface area contributed by atoms with Crippen LogP contribution >= 0.6 is 0 Å². The quantitative estimate of drug-likeness (QED) is 0.667. The van der Waals surface area contributed by atoms with E-state index in [1.807, 2.05) is 0 Å². The zero-order valence-electron chi connectivity index (χ0n) is 9.51. The van der Waals surface area contributed by atoms with Gasteiger partial charge in [-0.3, -0.25) is 4.90 Å². The zero-order chi connectivity index (χ0) is 9.84. The summed E-state index contributed by atoms with van der Waals surface area (Å²) in [5.41, 5.74) is 0. The lowest BCUT2D eigenvalue weighted by atomic mass is 10.0. The summed E-state index contributed by atoms with van der Waals surface area (Å²) in [5.74, 6) is 0.824. The first kappa shape index (κ1) is 11.0. The second-order valence-electron chi connectivity index (χ2n) is 4.78. The highest BCUT2D eigenvalue weighted by atomic mass is 15.2. The van der Waals surface area contributed by atoms with Gasteiger partial charge in [0.2, 0.25) is 0 Å². The maximum atomic E-state index is 3.56. The molecular formula is C11H24N2. The van der Waals surface area contributed by atoms with E-state index in [1.165, 1.54) is 19.5 Å². The number of nitrogens with zero attached hydrogens (tertiary/aromatic N) is 1. The van der Waals surface area contributed by atoms with Crippen molar-refractivity contribution >= 4 is 0 Å². The highest BCUT2D eigenvalue weighted by Crippen LogP contribution is 2.12. The van der Waals surface area contributed by atoms with Gasteiger partial charge in [0.25, 0.3) is 0 Å². The van der Waals surface area contributed by atoms with Crippen molar-refractivity contribution in [2.24, 2.45) is 5.92 Å². The molecule has 0 aromatic heterocycles. The monoisotopic (exact) mass is 184 g/mol. The molecule has 1 saturated heterocycles. The van der Waals surface area contributed by atoms with Gasteiger partial charge in [-0.2, -0.15) is 0 Å². The van der Waals surface area contributed by atoms with Crippen molar-refractivity contribution < 1.29 is 0 Å². The molecule has 2 unspecified atom stereocenters. The molecule has 0 saturated carbocycles. The highest BCUT2D eigenvalue weighted by Gasteiger charge is 2.18. The molecule has 0 amide bonds. The van der Waals surface area contributed by atoms with Crippen molar-refractivity contribution in [3.8, 4) is 0 Å². The van der Waals surface area contributed by atoms with E-state index in [0.29, 0.717) is 12.1 Å². The van der Waals surface area contributed by atoms with Crippen LogP contribution in [0.3, 0.4) is 0 Å². The summed E-state index contributed by atoms with van der Waals surface area (Å²) < 4.78 is 0. The third-order valence-electron chi connectivity index (χ3n) is 2.92. The Bertz CT molecular complexity index is 145. The molecular weight excluding hydrogens is 160 g/mol. The van der Waals surface area contributed by atoms with Crippen LogP contribution in [0.15, 0.2) is 0 Å². The number of hydrogen-bond donors (Lipinski definition) is 1. The predicted octanol–water partition coefficient (Wildman–Crippen LogP) is 1.71. The van der Waals surface area contributed by atoms with E-state index in [-0.39, 0.29) is 0 Å². The number of nitrogens with one attached hydrogen (secondary N) is 1. The summed E-state index contributed by atoms with van der Waals surface area (Å²) in [6.07, 6.45) is 1.31. The standard InChI is InChI=1S/C11H24N2/c1-9(2)13-6-5-12-11(4)7-10(3)8-13/h9-12H,5-8H2,1-4H3. The van der Waals surface area contributed by atoms with E-state index in [2.05, 4.69) is 37.9 Å². The number of hydrogen-bond acceptors (Lipinski definition) is 2. The average molecular weight is 184 g/mol. The average Bonchev–Trinajstić information content (AvgIpc) is 1.98. The molecule has 0 aromatic carbocycles. The van der Waals surface area contributed by atoms with Gasteiger partial charge in [0.1, 0.15) is 0 Å². The molecule has 2 atom stereocenters. The van der Waals surface area contributed by atoms with Crippen LogP contribution in [0.4, 0.5) is 0 Å². The molecule has 1 heterocycles. The molecule has 1 N–H and O–H groups in total. The van der Waals surface area contributed by atoms with Gasteiger partial charge >= 0.3 is 0 Å². The third-order valence-corrected chi connectivity index (χ3v) is 2.92. The van der Waals surface area contributed by atoms with E-state index < -0.39 is 0 Å². The maximum absolute atomic E-state index is 3.56. The van der Waals surface area contributed by atoms with Crippen molar-refractivity contribution in [2.75, 3.05) is 19.6 Å². The van der Waals surface area contributed by atoms with Gasteiger partial charge in [-0.25, -0.2) is 0 Å². The molecule has 2 heteroatoms. The Morgan fingerprint density at radius 1 is 1.31 bits per heavy atom. The van der Waals surface area contributed by atoms with Crippen LogP contribution in [-0.4, -0.2) is 36.6 Å². The van der Waals surface area contributed by atoms with Gasteiger partial charge < -0.3 is 5.32 Å². The van der Waals surface area contributed by atoms with Gasteiger partial charge in [0.15, 0.2) is 0 Å². The Balaban J connectivity index is 2.44. The van der Waals surface area contributed by atoms with Crippen molar-refractivity contribution in [1.82, 2.24) is 10.2 Å². The van der Waals surface area contributed by atoms with E-state index in [0.717, 1.165) is 12.5 Å². The minimum absolute atomic E-state index is 0.692. The summed E-state index contributed by atoms with van der Waals surface area (Å²) in [6, 6.07) is 1.39. The minimum Gasteiger partial charge on any atom is -0.313 e. The molecule has 13 heavy (non-hydrogen) atoms. The summed E-state index contributed by atoms with van der Waals surface area (Å²) in [5, 5.41) is 3.56. The molecule has 0 bridgehead atoms. The fraction of sp³-hybridized carbons (Fsp3) is 1.00. The Morgan fingerprint density at radius 3 is 2.62 bits per heavy atom. The summed E-state index contributed by atoms with van der Waals surface area (Å²) in [6.45, 7) is 12.8. The van der Waals surface area contributed by atoms with Crippen LogP contribution in [-0.2, 0) is 0 Å². The largest absolute Gasteiger partial charge is 0.313 e. The van der Waals surface area contributed by atoms with Gasteiger partial charge in [-0.15, -0.1) is 0 Å². The third kappa shape index (κ3) is 3.65. The van der Waals surface area contributed by atoms with Gasteiger partial charge in [0, 0.05) is 31.7 Å². The Labute approximate surface area is 82.7 Å². The Morgan fingerprint density at radius 2 is 2.00 bits per heavy atom. The highest BCUT2D eigenvalue weighted by molar-refractivity contribution is 4.75. The SMILES string of the molecule is CC1CC(C)NCCN(C(C)C)C1. The maximum Gasteiger partial charge on any atom is 0.0110 e. The summed E-state index contributed by atoms with van der Waals surface area (Å²) in [4.78, 5) is 2.57. The molecule has 1 aliphatic rings. The molecule has 0 aliphatic carbocycles. The van der Waals surface area contributed by atoms with Crippen LogP contribution in [0.1, 0.15) is 34.1 Å². The molecule has 0 radical (unpaired) electrons. The molecule has 78 valence electrons. The first-order valence-electron chi connectivity index (χ1n) is 5.57. The van der Waals surface area contributed by atoms with Crippen molar-refractivity contribution in [3.63, 3.8) is 0 Å². The van der Waals surface area contributed by atoms with E-state index in [4.69, 9.17) is 0 Å².